The van der Waals surface area contributed by atoms with Gasteiger partial charge in [-0.1, -0.05) is 0 Å². The maximum atomic E-state index is 11.9. The van der Waals surface area contributed by atoms with Crippen molar-refractivity contribution in [2.24, 2.45) is 5.10 Å². The zero-order valence-corrected chi connectivity index (χ0v) is 14.4. The Morgan fingerprint density at radius 3 is 2.74 bits per heavy atom. The average Bonchev–Trinajstić information content (AvgIpc) is 2.96. The molecule has 1 N–H and O–H groups in total. The molecule has 1 aromatic carbocycles. The summed E-state index contributed by atoms with van der Waals surface area (Å²) in [6, 6.07) is 5.42. The number of carbonyl (C=O) groups is 1. The number of nitrogens with zero attached hydrogens (tertiary/aromatic N) is 2. The van der Waals surface area contributed by atoms with Crippen molar-refractivity contribution < 1.29 is 14.3 Å². The molecule has 0 unspecified atom stereocenters. The molecular formula is C16H19N3O3S. The minimum atomic E-state index is -0.208. The van der Waals surface area contributed by atoms with E-state index >= 15 is 0 Å². The Labute approximate surface area is 139 Å². The molecule has 0 aliphatic rings. The fourth-order valence-electron chi connectivity index (χ4n) is 1.96. The highest BCUT2D eigenvalue weighted by atomic mass is 32.1. The van der Waals surface area contributed by atoms with Crippen molar-refractivity contribution in [1.29, 1.82) is 0 Å². The second kappa shape index (κ2) is 7.73. The average molecular weight is 333 g/mol. The molecule has 2 rings (SSSR count). The molecule has 7 heteroatoms. The molecule has 0 aliphatic carbocycles. The van der Waals surface area contributed by atoms with Gasteiger partial charge in [0.15, 0.2) is 0 Å². The first kappa shape index (κ1) is 17.0. The first-order valence-corrected chi connectivity index (χ1v) is 7.88. The molecule has 23 heavy (non-hydrogen) atoms. The van der Waals surface area contributed by atoms with Crippen molar-refractivity contribution in [2.75, 3.05) is 14.2 Å². The van der Waals surface area contributed by atoms with Gasteiger partial charge >= 0.3 is 0 Å². The van der Waals surface area contributed by atoms with E-state index in [4.69, 9.17) is 9.47 Å². The van der Waals surface area contributed by atoms with Gasteiger partial charge in [-0.05, 0) is 32.0 Å². The second-order valence-corrected chi connectivity index (χ2v) is 5.80. The second-order valence-electron chi connectivity index (χ2n) is 4.86. The molecule has 0 atom stereocenters. The van der Waals surface area contributed by atoms with Crippen LogP contribution in [0.3, 0.4) is 0 Å². The molecule has 0 spiro atoms. The van der Waals surface area contributed by atoms with Crippen LogP contribution < -0.4 is 14.9 Å². The van der Waals surface area contributed by atoms with Gasteiger partial charge < -0.3 is 9.47 Å². The summed E-state index contributed by atoms with van der Waals surface area (Å²) in [6.07, 6.45) is 0.213. The lowest BCUT2D eigenvalue weighted by Crippen LogP contribution is -2.21. The van der Waals surface area contributed by atoms with Crippen LogP contribution in [0.25, 0.3) is 0 Å². The van der Waals surface area contributed by atoms with E-state index in [1.807, 2.05) is 18.4 Å². The highest BCUT2D eigenvalue weighted by molar-refractivity contribution is 7.09. The maximum absolute atomic E-state index is 11.9. The number of benzene rings is 1. The normalized spacial score (nSPS) is 11.2. The molecule has 0 saturated heterocycles. The van der Waals surface area contributed by atoms with Crippen LogP contribution in [0.1, 0.15) is 23.2 Å². The Morgan fingerprint density at radius 1 is 1.35 bits per heavy atom. The van der Waals surface area contributed by atoms with Gasteiger partial charge in [0.2, 0.25) is 5.91 Å². The molecule has 0 aliphatic heterocycles. The molecule has 0 radical (unpaired) electrons. The lowest BCUT2D eigenvalue weighted by Gasteiger charge is -2.10. The number of rotatable bonds is 6. The predicted molar refractivity (Wildman–Crippen MR) is 90.5 cm³/mol. The highest BCUT2D eigenvalue weighted by Crippen LogP contribution is 2.24. The summed E-state index contributed by atoms with van der Waals surface area (Å²) < 4.78 is 10.5. The lowest BCUT2D eigenvalue weighted by molar-refractivity contribution is -0.120. The van der Waals surface area contributed by atoms with Gasteiger partial charge in [-0.2, -0.15) is 5.10 Å². The first-order chi connectivity index (χ1) is 11.0. The minimum absolute atomic E-state index is 0.208. The Balaban J connectivity index is 2.08. The van der Waals surface area contributed by atoms with Crippen LogP contribution in [-0.4, -0.2) is 30.8 Å². The van der Waals surface area contributed by atoms with Crippen molar-refractivity contribution in [3.05, 3.63) is 39.8 Å². The van der Waals surface area contributed by atoms with Gasteiger partial charge in [0.1, 0.15) is 16.5 Å². The van der Waals surface area contributed by atoms with Gasteiger partial charge in [-0.15, -0.1) is 11.3 Å². The maximum Gasteiger partial charge on any atom is 0.246 e. The van der Waals surface area contributed by atoms with Gasteiger partial charge in [0.25, 0.3) is 0 Å². The SMILES string of the molecule is COc1ccc(OC)c(/C(C)=N\NC(=O)Cc2nc(C)cs2)c1. The van der Waals surface area contributed by atoms with Gasteiger partial charge in [0, 0.05) is 16.6 Å². The molecule has 122 valence electrons. The molecule has 1 heterocycles. The zero-order chi connectivity index (χ0) is 16.8. The van der Waals surface area contributed by atoms with E-state index in [2.05, 4.69) is 15.5 Å². The quantitative estimate of drug-likeness (QED) is 0.651. The first-order valence-electron chi connectivity index (χ1n) is 7.00. The van der Waals surface area contributed by atoms with Gasteiger partial charge in [-0.25, -0.2) is 10.4 Å². The number of methoxy groups -OCH3 is 2. The summed E-state index contributed by atoms with van der Waals surface area (Å²) in [4.78, 5) is 16.2. The number of thiazole rings is 1. The standard InChI is InChI=1S/C16H19N3O3S/c1-10-9-23-16(17-10)8-15(20)19-18-11(2)13-7-12(21-3)5-6-14(13)22-4/h5-7,9H,8H2,1-4H3,(H,19,20)/b18-11-. The van der Waals surface area contributed by atoms with Gasteiger partial charge in [0.05, 0.1) is 26.4 Å². The number of hydrogen-bond donors (Lipinski definition) is 1. The molecule has 1 aromatic heterocycles. The molecular weight excluding hydrogens is 314 g/mol. The number of amides is 1. The number of carbonyl (C=O) groups excluding carboxylic acids is 1. The Morgan fingerprint density at radius 2 is 2.13 bits per heavy atom. The number of nitrogens with one attached hydrogen (secondary N) is 1. The summed E-state index contributed by atoms with van der Waals surface area (Å²) in [6.45, 7) is 3.69. The molecule has 0 fully saturated rings. The number of aromatic nitrogens is 1. The van der Waals surface area contributed by atoms with E-state index in [0.29, 0.717) is 17.2 Å². The summed E-state index contributed by atoms with van der Waals surface area (Å²) in [5.41, 5.74) is 4.85. The van der Waals surface area contributed by atoms with E-state index in [0.717, 1.165) is 16.3 Å². The third-order valence-corrected chi connectivity index (χ3v) is 4.09. The fraction of sp³-hybridized carbons (Fsp3) is 0.312. The summed E-state index contributed by atoms with van der Waals surface area (Å²) in [5.74, 6) is 1.15. The topological polar surface area (TPSA) is 72.8 Å². The van der Waals surface area contributed by atoms with Crippen LogP contribution in [0.4, 0.5) is 0 Å². The minimum Gasteiger partial charge on any atom is -0.497 e. The largest absolute Gasteiger partial charge is 0.497 e. The van der Waals surface area contributed by atoms with E-state index in [1.165, 1.54) is 11.3 Å². The highest BCUT2D eigenvalue weighted by Gasteiger charge is 2.10. The third-order valence-electron chi connectivity index (χ3n) is 3.12. The molecule has 6 nitrogen and oxygen atoms in total. The fourth-order valence-corrected chi connectivity index (χ4v) is 2.73. The van der Waals surface area contributed by atoms with Crippen molar-refractivity contribution in [2.45, 2.75) is 20.3 Å². The van der Waals surface area contributed by atoms with E-state index in [-0.39, 0.29) is 12.3 Å². The van der Waals surface area contributed by atoms with Crippen LogP contribution in [0, 0.1) is 6.92 Å². The van der Waals surface area contributed by atoms with Crippen molar-refractivity contribution in [3.63, 3.8) is 0 Å². The molecule has 1 amide bonds. The molecule has 2 aromatic rings. The smallest absolute Gasteiger partial charge is 0.246 e. The Bertz CT molecular complexity index is 725. The van der Waals surface area contributed by atoms with Crippen molar-refractivity contribution in [1.82, 2.24) is 10.4 Å². The van der Waals surface area contributed by atoms with E-state index < -0.39 is 0 Å². The van der Waals surface area contributed by atoms with Crippen LogP contribution in [0.5, 0.6) is 11.5 Å². The van der Waals surface area contributed by atoms with E-state index in [1.54, 1.807) is 33.3 Å². The summed E-state index contributed by atoms with van der Waals surface area (Å²) in [7, 11) is 3.18. The van der Waals surface area contributed by atoms with Crippen molar-refractivity contribution in [3.8, 4) is 11.5 Å². The van der Waals surface area contributed by atoms with E-state index in [9.17, 15) is 4.79 Å². The molecule has 0 bridgehead atoms. The summed E-state index contributed by atoms with van der Waals surface area (Å²) >= 11 is 1.46. The summed E-state index contributed by atoms with van der Waals surface area (Å²) in [5, 5.41) is 6.82. The molecule has 0 saturated carbocycles. The number of hydrogen-bond acceptors (Lipinski definition) is 6. The Hall–Kier alpha value is -2.41. The number of aryl methyl sites for hydroxylation is 1. The lowest BCUT2D eigenvalue weighted by atomic mass is 10.1. The predicted octanol–water partition coefficient (Wildman–Crippen LogP) is 2.55. The van der Waals surface area contributed by atoms with Crippen LogP contribution in [0.2, 0.25) is 0 Å². The van der Waals surface area contributed by atoms with Gasteiger partial charge in [-0.3, -0.25) is 4.79 Å². The number of hydrazone groups is 1. The monoisotopic (exact) mass is 333 g/mol. The van der Waals surface area contributed by atoms with Crippen LogP contribution in [0.15, 0.2) is 28.7 Å². The number of ether oxygens (including phenoxy) is 2. The van der Waals surface area contributed by atoms with Crippen LogP contribution in [-0.2, 0) is 11.2 Å². The van der Waals surface area contributed by atoms with Crippen LogP contribution >= 0.6 is 11.3 Å². The Kier molecular flexibility index (Phi) is 5.70. The third kappa shape index (κ3) is 4.53. The zero-order valence-electron chi connectivity index (χ0n) is 13.5. The van der Waals surface area contributed by atoms with Crippen molar-refractivity contribution >= 4 is 23.0 Å².